The normalized spacial score (nSPS) is 13.3. The number of rotatable bonds is 14. The average molecular weight is 1350 g/mol. The predicted molar refractivity (Wildman–Crippen MR) is 439 cm³/mol. The molecular formula is C98H66N4OS. The van der Waals surface area contributed by atoms with E-state index in [0.717, 1.165) is 112 Å². The summed E-state index contributed by atoms with van der Waals surface area (Å²) in [4.78, 5) is 7.41. The molecule has 3 aromatic heterocycles. The van der Waals surface area contributed by atoms with Crippen molar-refractivity contribution in [3.05, 3.63) is 399 Å². The molecule has 0 radical (unpaired) electrons. The lowest BCUT2D eigenvalue weighted by Gasteiger charge is -2.30. The molecule has 0 fully saturated rings. The minimum Gasteiger partial charge on any atom is -0.456 e. The van der Waals surface area contributed by atoms with E-state index in [1.54, 1.807) is 0 Å². The Labute approximate surface area is 607 Å². The van der Waals surface area contributed by atoms with Gasteiger partial charge in [-0.2, -0.15) is 0 Å². The van der Waals surface area contributed by atoms with Crippen LogP contribution in [0.2, 0.25) is 0 Å². The zero-order chi connectivity index (χ0) is 68.8. The Balaban J connectivity index is 0.756. The second kappa shape index (κ2) is 24.8. The molecule has 0 saturated heterocycles. The first-order valence-electron chi connectivity index (χ1n) is 35.6. The molecule has 0 amide bonds. The Kier molecular flexibility index (Phi) is 14.5. The maximum absolute atomic E-state index is 6.28. The van der Waals surface area contributed by atoms with E-state index >= 15 is 0 Å². The molecule has 0 bridgehead atoms. The fourth-order valence-corrected chi connectivity index (χ4v) is 17.9. The first-order chi connectivity index (χ1) is 51.5. The molecule has 19 aromatic rings. The van der Waals surface area contributed by atoms with Crippen LogP contribution in [-0.4, -0.2) is 4.57 Å². The summed E-state index contributed by atoms with van der Waals surface area (Å²) >= 11 is 1.88. The van der Waals surface area contributed by atoms with Gasteiger partial charge in [-0.25, -0.2) is 0 Å². The Morgan fingerprint density at radius 2 is 0.788 bits per heavy atom. The number of anilines is 9. The molecule has 1 aliphatic rings. The third-order valence-electron chi connectivity index (χ3n) is 21.4. The summed E-state index contributed by atoms with van der Waals surface area (Å²) < 4.78 is 11.1. The van der Waals surface area contributed by atoms with Gasteiger partial charge in [0.05, 0.1) is 37.5 Å². The number of hydrogen-bond acceptors (Lipinski definition) is 5. The van der Waals surface area contributed by atoms with Crippen molar-refractivity contribution in [1.82, 2.24) is 4.57 Å². The quantitative estimate of drug-likeness (QED) is 0.108. The molecule has 0 aliphatic heterocycles. The third-order valence-corrected chi connectivity index (χ3v) is 22.7. The lowest BCUT2D eigenvalue weighted by atomic mass is 9.74. The Morgan fingerprint density at radius 3 is 1.53 bits per heavy atom. The highest BCUT2D eigenvalue weighted by Crippen LogP contribution is 2.59. The van der Waals surface area contributed by atoms with E-state index in [4.69, 9.17) is 4.42 Å². The van der Waals surface area contributed by atoms with E-state index in [2.05, 4.69) is 396 Å². The molecule has 5 nitrogen and oxygen atoms in total. The van der Waals surface area contributed by atoms with Crippen LogP contribution in [0.4, 0.5) is 51.2 Å². The van der Waals surface area contributed by atoms with E-state index in [9.17, 15) is 0 Å². The van der Waals surface area contributed by atoms with E-state index in [1.165, 1.54) is 69.8 Å². The summed E-state index contributed by atoms with van der Waals surface area (Å²) in [6.45, 7) is 2.41. The van der Waals surface area contributed by atoms with Crippen LogP contribution in [0.3, 0.4) is 0 Å². The summed E-state index contributed by atoms with van der Waals surface area (Å²) in [6.07, 6.45) is 0. The standard InChI is InChI=1S/C98H66N4OS/c1-98(70-27-7-2-8-28-70)86-42-20-17-40-84(86)94-87(98)43-25-45-89(94)102(74-35-15-6-16-36-74)90-46-24-41-82-83-60-59-78(95(97(83)104-96(82)90)100(71-29-9-3-10-30-71)72-31-11-4-12-32-72)66-50-56-76(57-51-66)99(75-54-48-65(49-55-75)68-53-61-93-85(63-68)81-39-19-22-47-92(81)103-93)77-37-23-26-67(62-77)69-52-58-80-79-38-18-21-44-88(79)101(91(80)64-69)73-33-13-5-14-34-73/h2-64H,1H3. The summed E-state index contributed by atoms with van der Waals surface area (Å²) in [5.41, 5.74) is 27.7. The van der Waals surface area contributed by atoms with Crippen LogP contribution in [0.1, 0.15) is 23.6 Å². The van der Waals surface area contributed by atoms with Crippen molar-refractivity contribution in [2.45, 2.75) is 12.3 Å². The highest BCUT2D eigenvalue weighted by Gasteiger charge is 2.43. The van der Waals surface area contributed by atoms with E-state index in [-0.39, 0.29) is 5.41 Å². The SMILES string of the molecule is CC1(c2ccccc2)c2ccccc2-c2c(N(c3ccccc3)c3cccc4c3sc3c(N(c5ccccc5)c5ccccc5)c(-c5ccc(N(c6ccc(-c7ccc8oc9ccccc9c8c7)cc6)c6cccc(-c7ccc8c9ccccc9n(-c9ccccc9)c8c7)c6)cc5)ccc34)cccc21. The maximum atomic E-state index is 6.28. The predicted octanol–water partition coefficient (Wildman–Crippen LogP) is 27.8. The van der Waals surface area contributed by atoms with Gasteiger partial charge in [-0.1, -0.05) is 255 Å². The second-order valence-electron chi connectivity index (χ2n) is 27.2. The van der Waals surface area contributed by atoms with Crippen LogP contribution >= 0.6 is 11.3 Å². The van der Waals surface area contributed by atoms with Crippen LogP contribution in [0.25, 0.3) is 114 Å². The van der Waals surface area contributed by atoms with Crippen molar-refractivity contribution in [3.8, 4) is 50.2 Å². The molecule has 6 heteroatoms. The molecule has 1 aliphatic carbocycles. The maximum Gasteiger partial charge on any atom is 0.135 e. The number of thiophene rings is 1. The molecule has 1 atom stereocenters. The zero-order valence-electron chi connectivity index (χ0n) is 57.0. The van der Waals surface area contributed by atoms with Crippen molar-refractivity contribution >= 4 is 126 Å². The smallest absolute Gasteiger partial charge is 0.135 e. The minimum absolute atomic E-state index is 0.371. The van der Waals surface area contributed by atoms with Gasteiger partial charge in [0.15, 0.2) is 0 Å². The van der Waals surface area contributed by atoms with Crippen LogP contribution in [0.15, 0.2) is 387 Å². The van der Waals surface area contributed by atoms with Crippen molar-refractivity contribution in [3.63, 3.8) is 0 Å². The lowest BCUT2D eigenvalue weighted by molar-refractivity contribution is 0.669. The fraction of sp³-hybridized carbons (Fsp3) is 0.0204. The summed E-state index contributed by atoms with van der Waals surface area (Å²) in [5, 5.41) is 7.08. The molecule has 0 spiro atoms. The van der Waals surface area contributed by atoms with Gasteiger partial charge >= 0.3 is 0 Å². The van der Waals surface area contributed by atoms with Crippen LogP contribution in [0.5, 0.6) is 0 Å². The van der Waals surface area contributed by atoms with Gasteiger partial charge in [-0.15, -0.1) is 11.3 Å². The monoisotopic (exact) mass is 1350 g/mol. The molecule has 16 aromatic carbocycles. The molecule has 3 heterocycles. The lowest BCUT2D eigenvalue weighted by Crippen LogP contribution is -2.22. The number of para-hydroxylation sites is 6. The van der Waals surface area contributed by atoms with E-state index in [1.807, 2.05) is 23.5 Å². The van der Waals surface area contributed by atoms with Gasteiger partial charge in [0, 0.05) is 88.7 Å². The largest absolute Gasteiger partial charge is 0.456 e. The van der Waals surface area contributed by atoms with Gasteiger partial charge in [0.1, 0.15) is 11.2 Å². The summed E-state index contributed by atoms with van der Waals surface area (Å²) in [7, 11) is 0. The van der Waals surface area contributed by atoms with E-state index in [0.29, 0.717) is 0 Å². The van der Waals surface area contributed by atoms with Crippen LogP contribution in [-0.2, 0) is 5.41 Å². The Bertz CT molecular complexity index is 6450. The molecular weight excluding hydrogens is 1280 g/mol. The summed E-state index contributed by atoms with van der Waals surface area (Å²) in [5.74, 6) is 0. The Hall–Kier alpha value is -13.3. The topological polar surface area (TPSA) is 27.8 Å². The number of nitrogens with zero attached hydrogens (tertiary/aromatic N) is 4. The number of aromatic nitrogens is 1. The van der Waals surface area contributed by atoms with Crippen LogP contribution < -0.4 is 14.7 Å². The fourth-order valence-electron chi connectivity index (χ4n) is 16.6. The van der Waals surface area contributed by atoms with Crippen molar-refractivity contribution in [2.75, 3.05) is 14.7 Å². The highest BCUT2D eigenvalue weighted by atomic mass is 32.1. The van der Waals surface area contributed by atoms with E-state index < -0.39 is 0 Å². The number of hydrogen-bond donors (Lipinski definition) is 0. The molecule has 490 valence electrons. The number of fused-ring (bicyclic) bond motifs is 12. The molecule has 20 rings (SSSR count). The minimum atomic E-state index is -0.371. The first kappa shape index (κ1) is 60.7. The molecule has 0 N–H and O–H groups in total. The van der Waals surface area contributed by atoms with Crippen molar-refractivity contribution < 1.29 is 4.42 Å². The van der Waals surface area contributed by atoms with Gasteiger partial charge < -0.3 is 23.7 Å². The van der Waals surface area contributed by atoms with Crippen molar-refractivity contribution in [2.24, 2.45) is 0 Å². The van der Waals surface area contributed by atoms with Crippen molar-refractivity contribution in [1.29, 1.82) is 0 Å². The zero-order valence-corrected chi connectivity index (χ0v) is 57.8. The second-order valence-corrected chi connectivity index (χ2v) is 28.2. The van der Waals surface area contributed by atoms with Gasteiger partial charge in [0.2, 0.25) is 0 Å². The van der Waals surface area contributed by atoms with Gasteiger partial charge in [0.25, 0.3) is 0 Å². The highest BCUT2D eigenvalue weighted by molar-refractivity contribution is 7.27. The summed E-state index contributed by atoms with van der Waals surface area (Å²) in [6, 6.07) is 140. The molecule has 1 unspecified atom stereocenters. The van der Waals surface area contributed by atoms with Gasteiger partial charge in [-0.3, -0.25) is 0 Å². The van der Waals surface area contributed by atoms with Crippen LogP contribution in [0, 0.1) is 0 Å². The first-order valence-corrected chi connectivity index (χ1v) is 36.4. The van der Waals surface area contributed by atoms with Gasteiger partial charge in [-0.05, 0) is 184 Å². The number of furan rings is 1. The third kappa shape index (κ3) is 9.90. The Morgan fingerprint density at radius 1 is 0.288 bits per heavy atom. The number of benzene rings is 16. The average Bonchev–Trinajstić information content (AvgIpc) is 1.55. The molecule has 0 saturated carbocycles. The molecule has 104 heavy (non-hydrogen) atoms.